The number of esters is 1. The van der Waals surface area contributed by atoms with E-state index in [-0.39, 0.29) is 5.97 Å². The Hall–Kier alpha value is -0.610. The number of nitrogens with zero attached hydrogens (tertiary/aromatic N) is 1. The van der Waals surface area contributed by atoms with Crippen molar-refractivity contribution >= 4 is 5.97 Å². The van der Waals surface area contributed by atoms with E-state index in [9.17, 15) is 4.79 Å². The maximum atomic E-state index is 11.9. The Balaban J connectivity index is 2.31. The number of ether oxygens (including phenoxy) is 1. The Morgan fingerprint density at radius 3 is 2.61 bits per heavy atom. The summed E-state index contributed by atoms with van der Waals surface area (Å²) in [5.41, 5.74) is -0.545. The average Bonchev–Trinajstić information content (AvgIpc) is 2.26. The van der Waals surface area contributed by atoms with Crippen LogP contribution in [0.2, 0.25) is 0 Å². The van der Waals surface area contributed by atoms with E-state index in [1.807, 2.05) is 20.9 Å². The van der Waals surface area contributed by atoms with Crippen LogP contribution in [0.1, 0.15) is 46.0 Å². The van der Waals surface area contributed by atoms with Crippen molar-refractivity contribution in [1.82, 2.24) is 10.2 Å². The molecule has 1 unspecified atom stereocenters. The summed E-state index contributed by atoms with van der Waals surface area (Å²) in [5, 5.41) is 3.10. The SMILES string of the molecule is CCOC(=O)C(C)(CCCN(C)C1CCC1)NC. The normalized spacial score (nSPS) is 19.4. The molecule has 1 fully saturated rings. The van der Waals surface area contributed by atoms with Gasteiger partial charge in [-0.15, -0.1) is 0 Å². The van der Waals surface area contributed by atoms with Crippen LogP contribution in [0, 0.1) is 0 Å². The number of likely N-dealkylation sites (N-methyl/N-ethyl adjacent to an activating group) is 1. The minimum absolute atomic E-state index is 0.140. The molecule has 1 aliphatic rings. The summed E-state index contributed by atoms with van der Waals surface area (Å²) in [4.78, 5) is 14.3. The lowest BCUT2D eigenvalue weighted by atomic mass is 9.91. The first-order valence-electron chi connectivity index (χ1n) is 7.10. The van der Waals surface area contributed by atoms with Crippen LogP contribution in [0.15, 0.2) is 0 Å². The highest BCUT2D eigenvalue weighted by Crippen LogP contribution is 2.24. The molecule has 0 aliphatic heterocycles. The highest BCUT2D eigenvalue weighted by molar-refractivity contribution is 5.80. The van der Waals surface area contributed by atoms with Crippen LogP contribution in [0.3, 0.4) is 0 Å². The maximum absolute atomic E-state index is 11.9. The summed E-state index contributed by atoms with van der Waals surface area (Å²) in [6.07, 6.45) is 5.87. The van der Waals surface area contributed by atoms with Crippen LogP contribution < -0.4 is 5.32 Å². The molecule has 4 nitrogen and oxygen atoms in total. The van der Waals surface area contributed by atoms with Crippen LogP contribution in [-0.2, 0) is 9.53 Å². The first kappa shape index (κ1) is 15.4. The zero-order valence-electron chi connectivity index (χ0n) is 12.3. The Morgan fingerprint density at radius 1 is 1.50 bits per heavy atom. The van der Waals surface area contributed by atoms with Gasteiger partial charge in [-0.25, -0.2) is 0 Å². The predicted molar refractivity (Wildman–Crippen MR) is 73.6 cm³/mol. The van der Waals surface area contributed by atoms with E-state index in [0.29, 0.717) is 6.61 Å². The molecule has 0 amide bonds. The predicted octanol–water partition coefficient (Wildman–Crippen LogP) is 1.79. The monoisotopic (exact) mass is 256 g/mol. The molecule has 1 N–H and O–H groups in total. The molecule has 18 heavy (non-hydrogen) atoms. The molecule has 0 aromatic heterocycles. The van der Waals surface area contributed by atoms with Crippen molar-refractivity contribution in [2.75, 3.05) is 27.2 Å². The lowest BCUT2D eigenvalue weighted by Gasteiger charge is -2.35. The Kier molecular flexibility index (Phi) is 6.09. The van der Waals surface area contributed by atoms with E-state index in [1.54, 1.807) is 0 Å². The van der Waals surface area contributed by atoms with E-state index in [2.05, 4.69) is 17.3 Å². The summed E-state index contributed by atoms with van der Waals surface area (Å²) >= 11 is 0. The highest BCUT2D eigenvalue weighted by atomic mass is 16.5. The van der Waals surface area contributed by atoms with Gasteiger partial charge in [-0.3, -0.25) is 4.79 Å². The topological polar surface area (TPSA) is 41.6 Å². The van der Waals surface area contributed by atoms with E-state index in [0.717, 1.165) is 25.4 Å². The molecule has 0 radical (unpaired) electrons. The summed E-state index contributed by atoms with van der Waals surface area (Å²) < 4.78 is 5.12. The van der Waals surface area contributed by atoms with Crippen LogP contribution in [0.4, 0.5) is 0 Å². The van der Waals surface area contributed by atoms with Crippen LogP contribution in [-0.4, -0.2) is 49.7 Å². The van der Waals surface area contributed by atoms with E-state index >= 15 is 0 Å². The molecular formula is C14H28N2O2. The molecule has 0 heterocycles. The van der Waals surface area contributed by atoms with Crippen molar-refractivity contribution in [3.8, 4) is 0 Å². The van der Waals surface area contributed by atoms with Crippen LogP contribution in [0.5, 0.6) is 0 Å². The third kappa shape index (κ3) is 3.95. The van der Waals surface area contributed by atoms with Gasteiger partial charge in [-0.2, -0.15) is 0 Å². The largest absolute Gasteiger partial charge is 0.465 e. The third-order valence-electron chi connectivity index (χ3n) is 4.16. The molecule has 0 saturated heterocycles. The van der Waals surface area contributed by atoms with Gasteiger partial charge in [0, 0.05) is 6.04 Å². The van der Waals surface area contributed by atoms with Crippen molar-refractivity contribution in [3.05, 3.63) is 0 Å². The van der Waals surface area contributed by atoms with Crippen molar-refractivity contribution in [1.29, 1.82) is 0 Å². The second-order valence-electron chi connectivity index (χ2n) is 5.47. The van der Waals surface area contributed by atoms with Gasteiger partial charge >= 0.3 is 5.97 Å². The fourth-order valence-electron chi connectivity index (χ4n) is 2.31. The second kappa shape index (κ2) is 7.10. The molecule has 0 aromatic rings. The molecule has 1 saturated carbocycles. The Morgan fingerprint density at radius 2 is 2.17 bits per heavy atom. The highest BCUT2D eigenvalue weighted by Gasteiger charge is 2.32. The van der Waals surface area contributed by atoms with E-state index in [1.165, 1.54) is 19.3 Å². The second-order valence-corrected chi connectivity index (χ2v) is 5.47. The summed E-state index contributed by atoms with van der Waals surface area (Å²) in [5.74, 6) is -0.140. The van der Waals surface area contributed by atoms with E-state index < -0.39 is 5.54 Å². The summed E-state index contributed by atoms with van der Waals surface area (Å²) in [6, 6.07) is 0.772. The number of carbonyl (C=O) groups is 1. The van der Waals surface area contributed by atoms with E-state index in [4.69, 9.17) is 4.74 Å². The zero-order chi connectivity index (χ0) is 13.6. The third-order valence-corrected chi connectivity index (χ3v) is 4.16. The summed E-state index contributed by atoms with van der Waals surface area (Å²) in [6.45, 7) is 5.27. The molecule has 0 bridgehead atoms. The van der Waals surface area contributed by atoms with Crippen molar-refractivity contribution in [2.45, 2.75) is 57.5 Å². The van der Waals surface area contributed by atoms with Crippen LogP contribution in [0.25, 0.3) is 0 Å². The lowest BCUT2D eigenvalue weighted by Crippen LogP contribution is -2.49. The van der Waals surface area contributed by atoms with Gasteiger partial charge in [-0.05, 0) is 60.2 Å². The minimum Gasteiger partial charge on any atom is -0.465 e. The maximum Gasteiger partial charge on any atom is 0.326 e. The van der Waals surface area contributed by atoms with Crippen molar-refractivity contribution in [3.63, 3.8) is 0 Å². The smallest absolute Gasteiger partial charge is 0.326 e. The lowest BCUT2D eigenvalue weighted by molar-refractivity contribution is -0.150. The van der Waals surface area contributed by atoms with Crippen LogP contribution >= 0.6 is 0 Å². The van der Waals surface area contributed by atoms with Gasteiger partial charge < -0.3 is 15.0 Å². The van der Waals surface area contributed by atoms with Gasteiger partial charge in [0.15, 0.2) is 0 Å². The molecule has 1 rings (SSSR count). The summed E-state index contributed by atoms with van der Waals surface area (Å²) in [7, 11) is 4.01. The molecule has 106 valence electrons. The first-order chi connectivity index (χ1) is 8.53. The fourth-order valence-corrected chi connectivity index (χ4v) is 2.31. The Labute approximate surface area is 111 Å². The molecule has 1 aliphatic carbocycles. The minimum atomic E-state index is -0.545. The molecule has 1 atom stereocenters. The fraction of sp³-hybridized carbons (Fsp3) is 0.929. The number of hydrogen-bond acceptors (Lipinski definition) is 4. The standard InChI is InChI=1S/C14H28N2O2/c1-5-18-13(17)14(2,15-3)10-7-11-16(4)12-8-6-9-12/h12,15H,5-11H2,1-4H3. The number of nitrogens with one attached hydrogen (secondary N) is 1. The first-order valence-corrected chi connectivity index (χ1v) is 7.10. The Bertz CT molecular complexity index is 267. The van der Waals surface area contributed by atoms with Gasteiger partial charge in [-0.1, -0.05) is 6.42 Å². The van der Waals surface area contributed by atoms with Gasteiger partial charge in [0.1, 0.15) is 5.54 Å². The van der Waals surface area contributed by atoms with Crippen molar-refractivity contribution < 1.29 is 9.53 Å². The van der Waals surface area contributed by atoms with Gasteiger partial charge in [0.05, 0.1) is 6.61 Å². The number of carbonyl (C=O) groups excluding carboxylic acids is 1. The van der Waals surface area contributed by atoms with Gasteiger partial charge in [0.25, 0.3) is 0 Å². The number of rotatable bonds is 8. The quantitative estimate of drug-likeness (QED) is 0.672. The zero-order valence-corrected chi connectivity index (χ0v) is 12.3. The van der Waals surface area contributed by atoms with Crippen molar-refractivity contribution in [2.24, 2.45) is 0 Å². The average molecular weight is 256 g/mol. The number of hydrogen-bond donors (Lipinski definition) is 1. The molecule has 4 heteroatoms. The van der Waals surface area contributed by atoms with Gasteiger partial charge in [0.2, 0.25) is 0 Å². The molecule has 0 aromatic carbocycles. The molecular weight excluding hydrogens is 228 g/mol. The molecule has 0 spiro atoms.